The zero-order valence-corrected chi connectivity index (χ0v) is 24.2. The molecule has 0 aromatic heterocycles. The fourth-order valence-electron chi connectivity index (χ4n) is 4.35. The monoisotopic (exact) mass is 480 g/mol. The predicted octanol–water partition coefficient (Wildman–Crippen LogP) is 5.86. The molecule has 0 aliphatic heterocycles. The van der Waals surface area contributed by atoms with E-state index in [-0.39, 0.29) is 6.00 Å². The quantitative estimate of drug-likeness (QED) is 0.170. The third-order valence-electron chi connectivity index (χ3n) is 5.34. The lowest BCUT2D eigenvalue weighted by molar-refractivity contribution is -0.140. The molecule has 0 aliphatic carbocycles. The van der Waals surface area contributed by atoms with Gasteiger partial charge in [-0.3, -0.25) is 0 Å². The van der Waals surface area contributed by atoms with Crippen molar-refractivity contribution in [1.29, 1.82) is 0 Å². The summed E-state index contributed by atoms with van der Waals surface area (Å²) in [5.74, 6) is 7.81. The van der Waals surface area contributed by atoms with Crippen molar-refractivity contribution < 1.29 is 24.1 Å². The highest BCUT2D eigenvalue weighted by Crippen LogP contribution is 2.32. The Balaban J connectivity index is 5.78. The lowest BCUT2D eigenvalue weighted by Gasteiger charge is -2.39. The second-order valence-electron chi connectivity index (χ2n) is 12.2. The molecule has 34 heavy (non-hydrogen) atoms. The van der Waals surface area contributed by atoms with Crippen molar-refractivity contribution in [2.45, 2.75) is 143 Å². The summed E-state index contributed by atoms with van der Waals surface area (Å²) in [5, 5.41) is 9.41. The first-order chi connectivity index (χ1) is 15.3. The molecule has 0 rings (SSSR count). The van der Waals surface area contributed by atoms with Gasteiger partial charge in [-0.1, -0.05) is 39.5 Å². The van der Waals surface area contributed by atoms with E-state index in [1.165, 1.54) is 0 Å². The van der Waals surface area contributed by atoms with Crippen molar-refractivity contribution in [2.24, 2.45) is 11.8 Å². The summed E-state index contributed by atoms with van der Waals surface area (Å²) in [5.41, 5.74) is -2.16. The van der Waals surface area contributed by atoms with Crippen molar-refractivity contribution in [2.75, 3.05) is 13.2 Å². The summed E-state index contributed by atoms with van der Waals surface area (Å²) < 4.78 is 24.1. The molecule has 5 nitrogen and oxygen atoms in total. The average molecular weight is 481 g/mol. The molecular formula is C28H53BO5. The SMILES string of the molecule is [B]C(C)OCCC(C)(C)OC(C)(C#CC(C)(CC(C)C)OC(C)(C)CCOC(C)O)CC(C)C. The van der Waals surface area contributed by atoms with Gasteiger partial charge in [0.15, 0.2) is 6.29 Å². The van der Waals surface area contributed by atoms with Gasteiger partial charge in [0.1, 0.15) is 19.0 Å². The van der Waals surface area contributed by atoms with E-state index >= 15 is 0 Å². The van der Waals surface area contributed by atoms with E-state index in [1.54, 1.807) is 6.92 Å². The minimum atomic E-state index is -0.784. The third-order valence-corrected chi connectivity index (χ3v) is 5.34. The fraction of sp³-hybridized carbons (Fsp3) is 0.929. The van der Waals surface area contributed by atoms with Crippen molar-refractivity contribution in [3.63, 3.8) is 0 Å². The van der Waals surface area contributed by atoms with Gasteiger partial charge in [0, 0.05) is 12.6 Å². The largest absolute Gasteiger partial charge is 0.388 e. The van der Waals surface area contributed by atoms with Crippen molar-refractivity contribution >= 4 is 7.85 Å². The van der Waals surface area contributed by atoms with Crippen molar-refractivity contribution in [3.05, 3.63) is 0 Å². The van der Waals surface area contributed by atoms with Crippen LogP contribution in [0.15, 0.2) is 0 Å². The van der Waals surface area contributed by atoms with E-state index in [1.807, 2.05) is 20.8 Å². The molecule has 0 aliphatic rings. The summed E-state index contributed by atoms with van der Waals surface area (Å²) in [6.45, 7) is 25.5. The van der Waals surface area contributed by atoms with Crippen LogP contribution >= 0.6 is 0 Å². The van der Waals surface area contributed by atoms with Crippen LogP contribution in [0.5, 0.6) is 0 Å². The molecule has 0 aromatic rings. The van der Waals surface area contributed by atoms with E-state index < -0.39 is 28.7 Å². The first kappa shape index (κ1) is 33.4. The van der Waals surface area contributed by atoms with Gasteiger partial charge in [0.05, 0.1) is 17.8 Å². The Labute approximate surface area is 212 Å². The Kier molecular flexibility index (Phi) is 14.0. The molecule has 0 amide bonds. The average Bonchev–Trinajstić information content (AvgIpc) is 2.56. The number of aliphatic hydroxyl groups is 1. The Hall–Kier alpha value is -0.575. The summed E-state index contributed by atoms with van der Waals surface area (Å²) in [4.78, 5) is 0. The molecule has 6 heteroatoms. The Morgan fingerprint density at radius 1 is 0.676 bits per heavy atom. The zero-order valence-electron chi connectivity index (χ0n) is 24.2. The van der Waals surface area contributed by atoms with E-state index in [0.29, 0.717) is 31.5 Å². The maximum atomic E-state index is 9.41. The number of ether oxygens (including phenoxy) is 4. The molecule has 4 unspecified atom stereocenters. The lowest BCUT2D eigenvalue weighted by Crippen LogP contribution is -2.42. The first-order valence-electron chi connectivity index (χ1n) is 12.9. The molecule has 0 spiro atoms. The van der Waals surface area contributed by atoms with E-state index in [2.05, 4.69) is 67.2 Å². The number of hydrogen-bond donors (Lipinski definition) is 1. The van der Waals surface area contributed by atoms with Gasteiger partial charge in [-0.2, -0.15) is 0 Å². The van der Waals surface area contributed by atoms with E-state index in [0.717, 1.165) is 19.3 Å². The molecule has 0 saturated heterocycles. The fourth-order valence-corrected chi connectivity index (χ4v) is 4.35. The van der Waals surface area contributed by atoms with Crippen molar-refractivity contribution in [1.82, 2.24) is 0 Å². The van der Waals surface area contributed by atoms with Crippen LogP contribution in [-0.2, 0) is 18.9 Å². The van der Waals surface area contributed by atoms with E-state index in [9.17, 15) is 5.11 Å². The first-order valence-corrected chi connectivity index (χ1v) is 12.9. The van der Waals surface area contributed by atoms with Gasteiger partial charge in [-0.05, 0) is 92.9 Å². The molecular weight excluding hydrogens is 427 g/mol. The lowest BCUT2D eigenvalue weighted by atomic mass is 9.89. The Bertz CT molecular complexity index is 580. The van der Waals surface area contributed by atoms with Gasteiger partial charge >= 0.3 is 0 Å². The molecule has 0 heterocycles. The smallest absolute Gasteiger partial charge is 0.151 e. The minimum Gasteiger partial charge on any atom is -0.388 e. The molecule has 198 valence electrons. The standard InChI is InChI=1S/C28H53BO5/c1-21(2)19-27(11,33-25(7,8)15-17-31-23(5)29)13-14-28(12,20-22(3)4)34-26(9,10)16-18-32-24(6)30/h21-24,30H,15-20H2,1-12H3. The van der Waals surface area contributed by atoms with Gasteiger partial charge < -0.3 is 24.1 Å². The highest BCUT2D eigenvalue weighted by atomic mass is 16.6. The van der Waals surface area contributed by atoms with Gasteiger partial charge in [-0.15, -0.1) is 0 Å². The number of rotatable bonds is 16. The van der Waals surface area contributed by atoms with Gasteiger partial charge in [0.25, 0.3) is 0 Å². The highest BCUT2D eigenvalue weighted by molar-refractivity contribution is 6.10. The number of hydrogen-bond acceptors (Lipinski definition) is 5. The second-order valence-corrected chi connectivity index (χ2v) is 12.2. The van der Waals surface area contributed by atoms with Crippen LogP contribution in [0.4, 0.5) is 0 Å². The van der Waals surface area contributed by atoms with Crippen molar-refractivity contribution in [3.8, 4) is 11.8 Å². The molecule has 0 saturated carbocycles. The summed E-state index contributed by atoms with van der Waals surface area (Å²) >= 11 is 0. The third kappa shape index (κ3) is 16.2. The topological polar surface area (TPSA) is 57.2 Å². The van der Waals surface area contributed by atoms with Crippen LogP contribution < -0.4 is 0 Å². The molecule has 0 fully saturated rings. The van der Waals surface area contributed by atoms with Gasteiger partial charge in [-0.25, -0.2) is 0 Å². The maximum absolute atomic E-state index is 9.41. The minimum absolute atomic E-state index is 0.291. The predicted molar refractivity (Wildman–Crippen MR) is 142 cm³/mol. The zero-order chi connectivity index (χ0) is 26.8. The number of aliphatic hydroxyl groups excluding tert-OH is 1. The highest BCUT2D eigenvalue weighted by Gasteiger charge is 2.36. The summed E-state index contributed by atoms with van der Waals surface area (Å²) in [6.07, 6.45) is 2.19. The van der Waals surface area contributed by atoms with Crippen LogP contribution in [0.3, 0.4) is 0 Å². The molecule has 2 radical (unpaired) electrons. The van der Waals surface area contributed by atoms with Crippen LogP contribution in [-0.4, -0.2) is 60.9 Å². The Morgan fingerprint density at radius 3 is 1.32 bits per heavy atom. The van der Waals surface area contributed by atoms with Crippen LogP contribution in [0.25, 0.3) is 0 Å². The Morgan fingerprint density at radius 2 is 1.03 bits per heavy atom. The second kappa shape index (κ2) is 14.2. The van der Waals surface area contributed by atoms with Crippen LogP contribution in [0.1, 0.15) is 109 Å². The summed E-state index contributed by atoms with van der Waals surface area (Å²) in [6, 6.07) is -0.291. The molecule has 1 N–H and O–H groups in total. The maximum Gasteiger partial charge on any atom is 0.151 e. The molecule has 0 bridgehead atoms. The normalized spacial score (nSPS) is 18.2. The van der Waals surface area contributed by atoms with Gasteiger partial charge in [0.2, 0.25) is 0 Å². The summed E-state index contributed by atoms with van der Waals surface area (Å²) in [7, 11) is 5.73. The molecule has 0 aromatic carbocycles. The van der Waals surface area contributed by atoms with E-state index in [4.69, 9.17) is 26.8 Å². The van der Waals surface area contributed by atoms with Crippen LogP contribution in [0, 0.1) is 23.7 Å². The van der Waals surface area contributed by atoms with Crippen LogP contribution in [0.2, 0.25) is 0 Å². The molecule has 4 atom stereocenters.